The first kappa shape index (κ1) is 14.3. The number of aliphatic hydroxyl groups is 1. The minimum atomic E-state index is -3.07. The third kappa shape index (κ3) is 3.61. The average Bonchev–Trinajstić information content (AvgIpc) is 2.50. The molecule has 1 aliphatic heterocycles. The van der Waals surface area contributed by atoms with Crippen molar-refractivity contribution < 1.29 is 13.5 Å². The summed E-state index contributed by atoms with van der Waals surface area (Å²) in [7, 11) is -3.07. The van der Waals surface area contributed by atoms with Crippen LogP contribution >= 0.6 is 11.8 Å². The van der Waals surface area contributed by atoms with E-state index in [0.29, 0.717) is 13.1 Å². The van der Waals surface area contributed by atoms with Crippen molar-refractivity contribution in [2.45, 2.75) is 30.6 Å². The monoisotopic (exact) mass is 267 g/mol. The van der Waals surface area contributed by atoms with Crippen LogP contribution in [0, 0.1) is 0 Å². The molecule has 0 bridgehead atoms. The van der Waals surface area contributed by atoms with Gasteiger partial charge in [0.2, 0.25) is 0 Å². The molecule has 6 heteroatoms. The molecular formula is C10H21NO3S2. The highest BCUT2D eigenvalue weighted by Gasteiger charge is 2.34. The van der Waals surface area contributed by atoms with Crippen LogP contribution in [0.1, 0.15) is 20.3 Å². The van der Waals surface area contributed by atoms with E-state index in [0.717, 1.165) is 17.9 Å². The van der Waals surface area contributed by atoms with Gasteiger partial charge in [-0.05, 0) is 26.0 Å². The molecule has 16 heavy (non-hydrogen) atoms. The summed E-state index contributed by atoms with van der Waals surface area (Å²) < 4.78 is 22.1. The van der Waals surface area contributed by atoms with Gasteiger partial charge in [-0.2, -0.15) is 11.8 Å². The van der Waals surface area contributed by atoms with Crippen LogP contribution in [-0.2, 0) is 9.84 Å². The van der Waals surface area contributed by atoms with Crippen LogP contribution < -0.4 is 5.32 Å². The Balaban J connectivity index is 2.41. The van der Waals surface area contributed by atoms with Crippen LogP contribution in [0.25, 0.3) is 0 Å². The molecule has 0 spiro atoms. The number of hydrogen-bond donors (Lipinski definition) is 2. The van der Waals surface area contributed by atoms with Crippen molar-refractivity contribution in [1.29, 1.82) is 0 Å². The summed E-state index contributed by atoms with van der Waals surface area (Å²) in [5, 5.41) is 13.1. The lowest BCUT2D eigenvalue weighted by atomic mass is 10.0. The van der Waals surface area contributed by atoms with Gasteiger partial charge >= 0.3 is 0 Å². The molecule has 0 radical (unpaired) electrons. The van der Waals surface area contributed by atoms with Gasteiger partial charge in [0.05, 0.1) is 10.3 Å². The maximum absolute atomic E-state index is 11.5. The van der Waals surface area contributed by atoms with Gasteiger partial charge in [-0.15, -0.1) is 0 Å². The molecule has 1 heterocycles. The molecule has 0 aliphatic carbocycles. The molecule has 0 aromatic carbocycles. The first-order chi connectivity index (χ1) is 7.16. The Morgan fingerprint density at radius 1 is 1.50 bits per heavy atom. The summed E-state index contributed by atoms with van der Waals surface area (Å²) >= 11 is 1.74. The molecule has 1 atom stereocenters. The Morgan fingerprint density at radius 2 is 2.12 bits per heavy atom. The number of sulfone groups is 1. The quantitative estimate of drug-likeness (QED) is 0.748. The van der Waals surface area contributed by atoms with Gasteiger partial charge in [0.15, 0.2) is 9.84 Å². The fourth-order valence-electron chi connectivity index (χ4n) is 1.46. The molecule has 4 nitrogen and oxygen atoms in total. The van der Waals surface area contributed by atoms with Crippen molar-refractivity contribution in [3.8, 4) is 0 Å². The molecule has 0 aromatic rings. The second-order valence-corrected chi connectivity index (χ2v) is 8.92. The van der Waals surface area contributed by atoms with Gasteiger partial charge in [0, 0.05) is 25.1 Å². The molecule has 1 unspecified atom stereocenters. The first-order valence-electron chi connectivity index (χ1n) is 5.37. The summed E-state index contributed by atoms with van der Waals surface area (Å²) in [6.07, 6.45) is 2.03. The smallest absolute Gasteiger partial charge is 0.153 e. The summed E-state index contributed by atoms with van der Waals surface area (Å²) in [5.74, 6) is 1.72. The summed E-state index contributed by atoms with van der Waals surface area (Å²) in [6, 6.07) is 0. The number of hydrogen-bond acceptors (Lipinski definition) is 5. The third-order valence-corrected chi connectivity index (χ3v) is 6.48. The molecular weight excluding hydrogens is 246 g/mol. The van der Waals surface area contributed by atoms with Gasteiger partial charge in [-0.3, -0.25) is 0 Å². The molecule has 1 rings (SSSR count). The van der Waals surface area contributed by atoms with Gasteiger partial charge in [0.1, 0.15) is 0 Å². The minimum absolute atomic E-state index is 0.374. The fraction of sp³-hybridized carbons (Fsp3) is 1.00. The maximum Gasteiger partial charge on any atom is 0.153 e. The van der Waals surface area contributed by atoms with Crippen LogP contribution in [0.3, 0.4) is 0 Å². The largest absolute Gasteiger partial charge is 0.388 e. The van der Waals surface area contributed by atoms with E-state index in [2.05, 4.69) is 5.32 Å². The SMILES string of the molecule is CC(C)(CNCC1(O)CCSC1)S(C)(=O)=O. The Kier molecular flexibility index (Phi) is 4.32. The molecule has 0 amide bonds. The number of rotatable bonds is 5. The maximum atomic E-state index is 11.5. The predicted molar refractivity (Wildman–Crippen MR) is 68.7 cm³/mol. The highest BCUT2D eigenvalue weighted by atomic mass is 32.2. The summed E-state index contributed by atoms with van der Waals surface area (Å²) in [6.45, 7) is 4.24. The highest BCUT2D eigenvalue weighted by Crippen LogP contribution is 2.27. The van der Waals surface area contributed by atoms with Gasteiger partial charge < -0.3 is 10.4 Å². The number of thioether (sulfide) groups is 1. The molecule has 2 N–H and O–H groups in total. The summed E-state index contributed by atoms with van der Waals surface area (Å²) in [4.78, 5) is 0. The second-order valence-electron chi connectivity index (χ2n) is 5.16. The van der Waals surface area contributed by atoms with E-state index >= 15 is 0 Å². The zero-order chi connectivity index (χ0) is 12.4. The Bertz CT molecular complexity index is 332. The van der Waals surface area contributed by atoms with Gasteiger partial charge in [-0.25, -0.2) is 8.42 Å². The van der Waals surface area contributed by atoms with Gasteiger partial charge in [-0.1, -0.05) is 0 Å². The highest BCUT2D eigenvalue weighted by molar-refractivity contribution is 7.99. The third-order valence-electron chi connectivity index (χ3n) is 3.09. The van der Waals surface area contributed by atoms with Crippen molar-refractivity contribution in [3.05, 3.63) is 0 Å². The van der Waals surface area contributed by atoms with Gasteiger partial charge in [0.25, 0.3) is 0 Å². The zero-order valence-corrected chi connectivity index (χ0v) is 11.7. The van der Waals surface area contributed by atoms with E-state index in [1.54, 1.807) is 25.6 Å². The lowest BCUT2D eigenvalue weighted by Gasteiger charge is -2.27. The average molecular weight is 267 g/mol. The van der Waals surface area contributed by atoms with E-state index in [-0.39, 0.29) is 0 Å². The zero-order valence-electron chi connectivity index (χ0n) is 10.1. The first-order valence-corrected chi connectivity index (χ1v) is 8.41. The van der Waals surface area contributed by atoms with Crippen LogP contribution in [0.4, 0.5) is 0 Å². The van der Waals surface area contributed by atoms with Crippen LogP contribution in [0.5, 0.6) is 0 Å². The Morgan fingerprint density at radius 3 is 2.56 bits per heavy atom. The topological polar surface area (TPSA) is 66.4 Å². The molecule has 96 valence electrons. The van der Waals surface area contributed by atoms with E-state index in [9.17, 15) is 13.5 Å². The van der Waals surface area contributed by atoms with Crippen molar-refractivity contribution in [2.24, 2.45) is 0 Å². The normalized spacial score (nSPS) is 27.2. The number of nitrogens with one attached hydrogen (secondary N) is 1. The molecule has 1 fully saturated rings. The van der Waals surface area contributed by atoms with Crippen molar-refractivity contribution in [1.82, 2.24) is 5.32 Å². The van der Waals surface area contributed by atoms with E-state index in [1.165, 1.54) is 6.26 Å². The molecule has 0 aromatic heterocycles. The van der Waals surface area contributed by atoms with Crippen molar-refractivity contribution in [3.63, 3.8) is 0 Å². The Labute approximate surface area is 102 Å². The Hall–Kier alpha value is 0.220. The molecule has 1 aliphatic rings. The van der Waals surface area contributed by atoms with Crippen LogP contribution in [0.2, 0.25) is 0 Å². The van der Waals surface area contributed by atoms with E-state index < -0.39 is 20.2 Å². The standard InChI is InChI=1S/C10H21NO3S2/c1-9(2,16(3,13)14)6-11-7-10(12)4-5-15-8-10/h11-12H,4-8H2,1-3H3. The second kappa shape index (κ2) is 4.84. The fourth-order valence-corrected chi connectivity index (χ4v) is 3.12. The molecule has 1 saturated heterocycles. The van der Waals surface area contributed by atoms with E-state index in [1.807, 2.05) is 0 Å². The molecule has 0 saturated carbocycles. The lowest BCUT2D eigenvalue weighted by molar-refractivity contribution is 0.0674. The van der Waals surface area contributed by atoms with E-state index in [4.69, 9.17) is 0 Å². The summed E-state index contributed by atoms with van der Waals surface area (Å²) in [5.41, 5.74) is -0.655. The van der Waals surface area contributed by atoms with Crippen LogP contribution in [-0.4, -0.2) is 54.7 Å². The van der Waals surface area contributed by atoms with Crippen molar-refractivity contribution >= 4 is 21.6 Å². The lowest BCUT2D eigenvalue weighted by Crippen LogP contribution is -2.47. The minimum Gasteiger partial charge on any atom is -0.388 e. The predicted octanol–water partition coefficient (Wildman–Crippen LogP) is 0.267. The van der Waals surface area contributed by atoms with Crippen molar-refractivity contribution in [2.75, 3.05) is 30.9 Å². The van der Waals surface area contributed by atoms with Crippen LogP contribution in [0.15, 0.2) is 0 Å².